The standard InChI is InChI=1S/C45H79NO18/c1-3-5-7-8-9-10-11-12-13-14-15-16-17-18-19-21-22-29(50)28(46-33(51)23-20-6-4-2)27-59-43-39(57)36(54)41(31(25-48)61-43)64-45-40(58)37(55)42(32(26-49)62-45)63-44-38(56)35(53)34(52)30(24-47)60-44/h12-13,16-17,21-22,28-32,34-45,47-50,52-58H,3-11,14-15,18-20,23-27H2,1-2H3,(H,46,51)/b13-12+,17-16+,22-21+. The van der Waals surface area contributed by atoms with Gasteiger partial charge in [-0.15, -0.1) is 0 Å². The molecule has 17 atom stereocenters. The van der Waals surface area contributed by atoms with Crippen molar-refractivity contribution in [3.05, 3.63) is 36.5 Å². The van der Waals surface area contributed by atoms with Crippen LogP contribution in [0.3, 0.4) is 0 Å². The molecule has 19 nitrogen and oxygen atoms in total. The van der Waals surface area contributed by atoms with Crippen molar-refractivity contribution in [2.45, 2.75) is 214 Å². The van der Waals surface area contributed by atoms with Crippen LogP contribution in [0, 0.1) is 0 Å². The summed E-state index contributed by atoms with van der Waals surface area (Å²) in [6.45, 7) is 1.43. The molecule has 3 heterocycles. The van der Waals surface area contributed by atoms with Gasteiger partial charge in [0.1, 0.15) is 73.2 Å². The molecule has 1 amide bonds. The zero-order chi connectivity index (χ0) is 47.0. The minimum absolute atomic E-state index is 0.216. The maximum atomic E-state index is 12.8. The highest BCUT2D eigenvalue weighted by Crippen LogP contribution is 2.33. The van der Waals surface area contributed by atoms with Crippen molar-refractivity contribution < 1.29 is 89.4 Å². The Balaban J connectivity index is 1.55. The van der Waals surface area contributed by atoms with E-state index in [0.717, 1.165) is 38.5 Å². The fourth-order valence-corrected chi connectivity index (χ4v) is 7.69. The molecule has 0 radical (unpaired) electrons. The topological polar surface area (TPSA) is 307 Å². The highest BCUT2D eigenvalue weighted by molar-refractivity contribution is 5.76. The number of carbonyl (C=O) groups is 1. The fourth-order valence-electron chi connectivity index (χ4n) is 7.69. The Bertz CT molecular complexity index is 1340. The van der Waals surface area contributed by atoms with Crippen molar-refractivity contribution in [2.24, 2.45) is 0 Å². The Morgan fingerprint density at radius 2 is 1.00 bits per heavy atom. The summed E-state index contributed by atoms with van der Waals surface area (Å²) in [5, 5.41) is 119. The summed E-state index contributed by atoms with van der Waals surface area (Å²) in [6, 6.07) is -0.987. The van der Waals surface area contributed by atoms with E-state index in [1.807, 2.05) is 6.92 Å². The Labute approximate surface area is 377 Å². The minimum atomic E-state index is -1.98. The first-order chi connectivity index (χ1) is 30.8. The van der Waals surface area contributed by atoms with Gasteiger partial charge in [0.05, 0.1) is 38.6 Å². The molecule has 19 heteroatoms. The number of hydrogen-bond acceptors (Lipinski definition) is 18. The molecule has 0 aromatic carbocycles. The quantitative estimate of drug-likeness (QED) is 0.0330. The van der Waals surface area contributed by atoms with Crippen LogP contribution in [0.5, 0.6) is 0 Å². The third-order valence-electron chi connectivity index (χ3n) is 11.7. The molecule has 64 heavy (non-hydrogen) atoms. The second-order valence-corrected chi connectivity index (χ2v) is 16.8. The smallest absolute Gasteiger partial charge is 0.220 e. The predicted molar refractivity (Wildman–Crippen MR) is 231 cm³/mol. The second kappa shape index (κ2) is 31.1. The molecule has 0 saturated carbocycles. The van der Waals surface area contributed by atoms with E-state index in [0.29, 0.717) is 12.8 Å². The lowest BCUT2D eigenvalue weighted by Crippen LogP contribution is -2.66. The van der Waals surface area contributed by atoms with E-state index in [-0.39, 0.29) is 18.9 Å². The summed E-state index contributed by atoms with van der Waals surface area (Å²) < 4.78 is 33.8. The molecule has 372 valence electrons. The van der Waals surface area contributed by atoms with Gasteiger partial charge in [-0.3, -0.25) is 4.79 Å². The van der Waals surface area contributed by atoms with E-state index in [2.05, 4.69) is 36.5 Å². The van der Waals surface area contributed by atoms with Crippen molar-refractivity contribution in [3.63, 3.8) is 0 Å². The van der Waals surface area contributed by atoms with Gasteiger partial charge < -0.3 is 89.9 Å². The molecule has 12 N–H and O–H groups in total. The molecule has 17 unspecified atom stereocenters. The number of amides is 1. The van der Waals surface area contributed by atoms with E-state index in [9.17, 15) is 61.0 Å². The number of nitrogens with one attached hydrogen (secondary N) is 1. The van der Waals surface area contributed by atoms with E-state index < -0.39 is 124 Å². The van der Waals surface area contributed by atoms with Crippen molar-refractivity contribution >= 4 is 5.91 Å². The lowest BCUT2D eigenvalue weighted by Gasteiger charge is -2.48. The third kappa shape index (κ3) is 17.9. The van der Waals surface area contributed by atoms with Crippen LogP contribution in [-0.4, -0.2) is 193 Å². The van der Waals surface area contributed by atoms with Gasteiger partial charge in [0.15, 0.2) is 18.9 Å². The van der Waals surface area contributed by atoms with Crippen LogP contribution in [0.25, 0.3) is 0 Å². The van der Waals surface area contributed by atoms with Crippen LogP contribution >= 0.6 is 0 Å². The van der Waals surface area contributed by atoms with Crippen LogP contribution in [-0.2, 0) is 33.2 Å². The zero-order valence-corrected chi connectivity index (χ0v) is 37.5. The molecule has 3 aliphatic rings. The van der Waals surface area contributed by atoms with Gasteiger partial charge in [-0.05, 0) is 44.9 Å². The number of allylic oxidation sites excluding steroid dienone is 5. The summed E-state index contributed by atoms with van der Waals surface area (Å²) in [5.41, 5.74) is 0. The summed E-state index contributed by atoms with van der Waals surface area (Å²) >= 11 is 0. The first-order valence-electron chi connectivity index (χ1n) is 23.2. The molecular weight excluding hydrogens is 842 g/mol. The van der Waals surface area contributed by atoms with Gasteiger partial charge in [-0.25, -0.2) is 0 Å². The number of aliphatic hydroxyl groups excluding tert-OH is 11. The summed E-state index contributed by atoms with van der Waals surface area (Å²) in [4.78, 5) is 12.8. The molecule has 0 aliphatic carbocycles. The highest BCUT2D eigenvalue weighted by Gasteiger charge is 2.53. The SMILES string of the molecule is CCCCCCCC/C=C/CC/C=C/CC/C=C/C(O)C(COC1OC(CO)C(OC2OC(CO)C(OC3OC(CO)C(O)C(O)C3O)C(O)C2O)C(O)C1O)NC(=O)CCCCC. The maximum absolute atomic E-state index is 12.8. The Morgan fingerprint density at radius 3 is 1.56 bits per heavy atom. The molecule has 0 aromatic rings. The number of carbonyl (C=O) groups excluding carboxylic acids is 1. The molecule has 0 aromatic heterocycles. The first-order valence-corrected chi connectivity index (χ1v) is 23.2. The van der Waals surface area contributed by atoms with E-state index in [1.54, 1.807) is 12.2 Å². The largest absolute Gasteiger partial charge is 0.394 e. The average Bonchev–Trinajstić information content (AvgIpc) is 3.29. The third-order valence-corrected chi connectivity index (χ3v) is 11.7. The van der Waals surface area contributed by atoms with Crippen molar-refractivity contribution in [2.75, 3.05) is 26.4 Å². The van der Waals surface area contributed by atoms with E-state index in [4.69, 9.17) is 28.4 Å². The maximum Gasteiger partial charge on any atom is 0.220 e. The van der Waals surface area contributed by atoms with Crippen LogP contribution in [0.1, 0.15) is 110 Å². The van der Waals surface area contributed by atoms with Crippen LogP contribution in [0.2, 0.25) is 0 Å². The fraction of sp³-hybridized carbons (Fsp3) is 0.844. The van der Waals surface area contributed by atoms with E-state index >= 15 is 0 Å². The van der Waals surface area contributed by atoms with Crippen molar-refractivity contribution in [1.29, 1.82) is 0 Å². The summed E-state index contributed by atoms with van der Waals surface area (Å²) in [7, 11) is 0. The normalized spacial score (nSPS) is 34.8. The number of rotatable bonds is 30. The molecule has 0 bridgehead atoms. The van der Waals surface area contributed by atoms with Gasteiger partial charge in [-0.2, -0.15) is 0 Å². The number of unbranched alkanes of at least 4 members (excludes halogenated alkanes) is 10. The minimum Gasteiger partial charge on any atom is -0.394 e. The number of hydrogen-bond donors (Lipinski definition) is 12. The Hall–Kier alpha value is -1.99. The monoisotopic (exact) mass is 922 g/mol. The number of aliphatic hydroxyl groups is 11. The van der Waals surface area contributed by atoms with Gasteiger partial charge in [-0.1, -0.05) is 95.2 Å². The molecule has 3 rings (SSSR count). The zero-order valence-electron chi connectivity index (χ0n) is 37.5. The Kier molecular flexibility index (Phi) is 27.4. The van der Waals surface area contributed by atoms with Crippen molar-refractivity contribution in [3.8, 4) is 0 Å². The van der Waals surface area contributed by atoms with Crippen LogP contribution < -0.4 is 5.32 Å². The molecule has 3 fully saturated rings. The highest BCUT2D eigenvalue weighted by atomic mass is 16.8. The second-order valence-electron chi connectivity index (χ2n) is 16.8. The predicted octanol–water partition coefficient (Wildman–Crippen LogP) is -0.143. The van der Waals surface area contributed by atoms with Gasteiger partial charge in [0, 0.05) is 6.42 Å². The van der Waals surface area contributed by atoms with Gasteiger partial charge in [0.2, 0.25) is 5.91 Å². The average molecular weight is 922 g/mol. The van der Waals surface area contributed by atoms with Gasteiger partial charge >= 0.3 is 0 Å². The molecule has 3 saturated heterocycles. The lowest BCUT2D eigenvalue weighted by atomic mass is 9.96. The van der Waals surface area contributed by atoms with Crippen LogP contribution in [0.15, 0.2) is 36.5 Å². The summed E-state index contributed by atoms with van der Waals surface area (Å²) in [6.07, 6.45) is -0.0854. The van der Waals surface area contributed by atoms with Crippen molar-refractivity contribution in [1.82, 2.24) is 5.32 Å². The molecule has 3 aliphatic heterocycles. The number of ether oxygens (including phenoxy) is 6. The Morgan fingerprint density at radius 1 is 0.547 bits per heavy atom. The van der Waals surface area contributed by atoms with Gasteiger partial charge in [0.25, 0.3) is 0 Å². The van der Waals surface area contributed by atoms with E-state index in [1.165, 1.54) is 38.5 Å². The summed E-state index contributed by atoms with van der Waals surface area (Å²) in [5.74, 6) is -0.319. The molecule has 0 spiro atoms. The lowest BCUT2D eigenvalue weighted by molar-refractivity contribution is -0.379. The molecular formula is C45H79NO18. The van der Waals surface area contributed by atoms with Crippen LogP contribution in [0.4, 0.5) is 0 Å². The first kappa shape index (κ1) is 56.3.